The Labute approximate surface area is 246 Å². The molecule has 2 aliphatic rings. The van der Waals surface area contributed by atoms with E-state index < -0.39 is 5.92 Å². The summed E-state index contributed by atoms with van der Waals surface area (Å²) in [4.78, 5) is 14.3. The van der Waals surface area contributed by atoms with Gasteiger partial charge in [0.2, 0.25) is 5.69 Å². The fourth-order valence-corrected chi connectivity index (χ4v) is 7.34. The van der Waals surface area contributed by atoms with Gasteiger partial charge < -0.3 is 9.67 Å². The van der Waals surface area contributed by atoms with Crippen molar-refractivity contribution in [2.75, 3.05) is 6.54 Å². The molecule has 2 heterocycles. The second-order valence-corrected chi connectivity index (χ2v) is 11.4. The molecule has 7 rings (SSSR count). The van der Waals surface area contributed by atoms with Gasteiger partial charge in [-0.25, -0.2) is 0 Å². The molecule has 0 saturated carbocycles. The molecule has 0 fully saturated rings. The van der Waals surface area contributed by atoms with E-state index in [0.717, 1.165) is 74.5 Å². The molecule has 2 atom stereocenters. The normalized spacial score (nSPS) is 18.1. The average Bonchev–Trinajstić information content (AvgIpc) is 3.46. The van der Waals surface area contributed by atoms with Crippen LogP contribution in [-0.4, -0.2) is 32.3 Å². The van der Waals surface area contributed by atoms with E-state index >= 15 is 0 Å². The predicted molar refractivity (Wildman–Crippen MR) is 172 cm³/mol. The Hall–Kier alpha value is -4.70. The number of aryl methyl sites for hydroxylation is 1. The van der Waals surface area contributed by atoms with Crippen molar-refractivity contribution >= 4 is 33.7 Å². The summed E-state index contributed by atoms with van der Waals surface area (Å²) in [6, 6.07) is 33.6. The van der Waals surface area contributed by atoms with Crippen LogP contribution in [0, 0.1) is 12.8 Å². The van der Waals surface area contributed by atoms with Crippen molar-refractivity contribution in [3.63, 3.8) is 0 Å². The zero-order chi connectivity index (χ0) is 29.1. The van der Waals surface area contributed by atoms with E-state index in [0.29, 0.717) is 5.57 Å². The van der Waals surface area contributed by atoms with E-state index in [1.165, 1.54) is 0 Å². The number of benzene rings is 4. The van der Waals surface area contributed by atoms with Crippen LogP contribution in [-0.2, 0) is 11.3 Å². The lowest BCUT2D eigenvalue weighted by atomic mass is 9.68. The first kappa shape index (κ1) is 26.2. The number of allylic oxidation sites excluding steroid dienone is 2. The molecule has 1 aliphatic carbocycles. The second kappa shape index (κ2) is 9.99. The van der Waals surface area contributed by atoms with Crippen LogP contribution >= 0.6 is 0 Å². The number of carbonyl (C=O) groups is 1. The standard InChI is InChI=1S/C38H34N2O2/c1-5-39-23(3)33(29-21-27(17-19-31(29)39)25-13-9-7-10-14-25)35-37(41)36(38(35)42)34-24(4)40(6-2)32-20-18-28(22-30(32)34)26-15-11-8-12-16-26/h7-22,33,35H,5-6H2,1-4H3/p+1. The van der Waals surface area contributed by atoms with Crippen molar-refractivity contribution in [1.82, 2.24) is 4.57 Å². The van der Waals surface area contributed by atoms with Crippen molar-refractivity contribution in [3.8, 4) is 22.3 Å². The highest BCUT2D eigenvalue weighted by molar-refractivity contribution is 6.33. The first-order valence-electron chi connectivity index (χ1n) is 14.9. The molecule has 4 aromatic carbocycles. The Bertz CT molecular complexity index is 1940. The molecule has 1 N–H and O–H groups in total. The maximum absolute atomic E-state index is 14.3. The van der Waals surface area contributed by atoms with E-state index in [2.05, 4.69) is 97.5 Å². The Morgan fingerprint density at radius 3 is 1.98 bits per heavy atom. The first-order chi connectivity index (χ1) is 20.4. The first-order valence-corrected chi connectivity index (χ1v) is 14.9. The quantitative estimate of drug-likeness (QED) is 0.215. The van der Waals surface area contributed by atoms with Gasteiger partial charge in [0, 0.05) is 47.3 Å². The summed E-state index contributed by atoms with van der Waals surface area (Å²) in [6.07, 6.45) is 0. The number of rotatable bonds is 6. The highest BCUT2D eigenvalue weighted by Crippen LogP contribution is 2.52. The Morgan fingerprint density at radius 1 is 0.762 bits per heavy atom. The number of carbonyl (C=O) groups excluding carboxylic acids is 1. The molecule has 4 heteroatoms. The number of nitrogens with zero attached hydrogens (tertiary/aromatic N) is 2. The lowest BCUT2D eigenvalue weighted by molar-refractivity contribution is -0.434. The maximum atomic E-state index is 14.3. The van der Waals surface area contributed by atoms with Crippen LogP contribution in [0.1, 0.15) is 43.5 Å². The number of aliphatic hydroxyl groups excluding tert-OH is 1. The smallest absolute Gasteiger partial charge is 0.209 e. The molecule has 1 aliphatic heterocycles. The Morgan fingerprint density at radius 2 is 1.38 bits per heavy atom. The minimum Gasteiger partial charge on any atom is -0.511 e. The van der Waals surface area contributed by atoms with Gasteiger partial charge in [-0.05, 0) is 67.3 Å². The summed E-state index contributed by atoms with van der Waals surface area (Å²) in [7, 11) is 0. The van der Waals surface area contributed by atoms with Crippen LogP contribution in [0.4, 0.5) is 5.69 Å². The summed E-state index contributed by atoms with van der Waals surface area (Å²) >= 11 is 0. The molecule has 1 aromatic heterocycles. The van der Waals surface area contributed by atoms with Crippen LogP contribution in [0.5, 0.6) is 0 Å². The number of Topliss-reactive ketones (excluding diaryl/α,β-unsaturated/α-hetero) is 1. The zero-order valence-corrected chi connectivity index (χ0v) is 24.6. The van der Waals surface area contributed by atoms with Crippen LogP contribution in [0.25, 0.3) is 38.7 Å². The fourth-order valence-electron chi connectivity index (χ4n) is 7.34. The van der Waals surface area contributed by atoms with Gasteiger partial charge in [0.05, 0.1) is 17.4 Å². The van der Waals surface area contributed by atoms with Crippen LogP contribution in [0.2, 0.25) is 0 Å². The van der Waals surface area contributed by atoms with E-state index in [4.69, 9.17) is 0 Å². The molecule has 0 spiro atoms. The van der Waals surface area contributed by atoms with Crippen molar-refractivity contribution in [3.05, 3.63) is 120 Å². The number of aliphatic hydroxyl groups is 1. The topological polar surface area (TPSA) is 45.2 Å². The molecule has 4 nitrogen and oxygen atoms in total. The van der Waals surface area contributed by atoms with Gasteiger partial charge in [0.15, 0.2) is 11.5 Å². The summed E-state index contributed by atoms with van der Waals surface area (Å²) in [6.45, 7) is 10.0. The van der Waals surface area contributed by atoms with Gasteiger partial charge in [0.25, 0.3) is 0 Å². The van der Waals surface area contributed by atoms with E-state index in [-0.39, 0.29) is 17.5 Å². The van der Waals surface area contributed by atoms with Crippen LogP contribution in [0.15, 0.2) is 103 Å². The lowest BCUT2D eigenvalue weighted by Crippen LogP contribution is -2.37. The van der Waals surface area contributed by atoms with Gasteiger partial charge in [0.1, 0.15) is 12.3 Å². The van der Waals surface area contributed by atoms with Gasteiger partial charge in [-0.3, -0.25) is 4.79 Å². The molecule has 0 amide bonds. The second-order valence-electron chi connectivity index (χ2n) is 11.4. The summed E-state index contributed by atoms with van der Waals surface area (Å²) in [5, 5.41) is 12.8. The molecular formula is C38H35N2O2+. The van der Waals surface area contributed by atoms with Crippen LogP contribution in [0.3, 0.4) is 0 Å². The summed E-state index contributed by atoms with van der Waals surface area (Å²) < 4.78 is 4.53. The number of hydrogen-bond donors (Lipinski definition) is 1. The monoisotopic (exact) mass is 551 g/mol. The molecule has 0 radical (unpaired) electrons. The average molecular weight is 552 g/mol. The minimum absolute atomic E-state index is 0.0224. The van der Waals surface area contributed by atoms with E-state index in [9.17, 15) is 9.90 Å². The highest BCUT2D eigenvalue weighted by Gasteiger charge is 2.53. The van der Waals surface area contributed by atoms with Crippen molar-refractivity contribution < 1.29 is 14.5 Å². The largest absolute Gasteiger partial charge is 0.511 e. The number of hydrogen-bond acceptors (Lipinski definition) is 2. The van der Waals surface area contributed by atoms with Gasteiger partial charge in [-0.1, -0.05) is 66.7 Å². The SMILES string of the molecule is CCn1c(C)c(C2=C(O)C(C3C(C)=[N+](CC)c4ccc(-c5ccccc5)cc43)C2=O)c2cc(-c3ccccc3)ccc21. The fraction of sp³-hybridized carbons (Fsp3) is 0.211. The predicted octanol–water partition coefficient (Wildman–Crippen LogP) is 8.69. The van der Waals surface area contributed by atoms with Gasteiger partial charge in [-0.2, -0.15) is 4.58 Å². The maximum Gasteiger partial charge on any atom is 0.209 e. The van der Waals surface area contributed by atoms with Crippen molar-refractivity contribution in [1.29, 1.82) is 0 Å². The zero-order valence-electron chi connectivity index (χ0n) is 24.6. The molecule has 42 heavy (non-hydrogen) atoms. The number of aromatic nitrogens is 1. The molecular weight excluding hydrogens is 516 g/mol. The number of fused-ring (bicyclic) bond motifs is 2. The third kappa shape index (κ3) is 3.75. The molecule has 5 aromatic rings. The van der Waals surface area contributed by atoms with Crippen molar-refractivity contribution in [2.24, 2.45) is 5.92 Å². The Balaban J connectivity index is 1.37. The summed E-state index contributed by atoms with van der Waals surface area (Å²) in [5.41, 5.74) is 11.3. The van der Waals surface area contributed by atoms with E-state index in [1.54, 1.807) is 0 Å². The Kier molecular flexibility index (Phi) is 6.23. The van der Waals surface area contributed by atoms with Crippen molar-refractivity contribution in [2.45, 2.75) is 40.2 Å². The third-order valence-corrected chi connectivity index (χ3v) is 9.36. The van der Waals surface area contributed by atoms with Gasteiger partial charge >= 0.3 is 0 Å². The number of ketones is 1. The molecule has 0 bridgehead atoms. The minimum atomic E-state index is -0.585. The molecule has 0 saturated heterocycles. The van der Waals surface area contributed by atoms with E-state index in [1.807, 2.05) is 36.4 Å². The lowest BCUT2D eigenvalue weighted by Gasteiger charge is -2.32. The third-order valence-electron chi connectivity index (χ3n) is 9.36. The van der Waals surface area contributed by atoms with Gasteiger partial charge in [-0.15, -0.1) is 0 Å². The molecule has 2 unspecified atom stereocenters. The highest BCUT2D eigenvalue weighted by atomic mass is 16.3. The summed E-state index contributed by atoms with van der Waals surface area (Å²) in [5.74, 6) is -0.548. The van der Waals surface area contributed by atoms with Crippen LogP contribution < -0.4 is 0 Å². The molecule has 208 valence electrons.